The van der Waals surface area contributed by atoms with E-state index in [0.29, 0.717) is 12.1 Å². The van der Waals surface area contributed by atoms with Gasteiger partial charge in [0.2, 0.25) is 5.95 Å². The molecule has 2 fully saturated rings. The highest BCUT2D eigenvalue weighted by Crippen LogP contribution is 2.36. The Hall–Kier alpha value is -0.940. The van der Waals surface area contributed by atoms with Crippen molar-refractivity contribution in [3.05, 3.63) is 17.7 Å². The van der Waals surface area contributed by atoms with Crippen molar-refractivity contribution in [2.45, 2.75) is 38.0 Å². The molecule has 1 aromatic heterocycles. The van der Waals surface area contributed by atoms with Crippen molar-refractivity contribution in [3.8, 4) is 0 Å². The van der Waals surface area contributed by atoms with Crippen LogP contribution in [0, 0.1) is 5.95 Å². The van der Waals surface area contributed by atoms with Gasteiger partial charge in [0.25, 0.3) is 0 Å². The molecule has 3 rings (SSSR count). The summed E-state index contributed by atoms with van der Waals surface area (Å²) in [5, 5.41) is 7.35. The minimum absolute atomic E-state index is 0.127. The summed E-state index contributed by atoms with van der Waals surface area (Å²) in [6, 6.07) is 0.280. The van der Waals surface area contributed by atoms with E-state index in [2.05, 4.69) is 10.4 Å². The van der Waals surface area contributed by atoms with Crippen LogP contribution in [0.3, 0.4) is 0 Å². The molecule has 4 nitrogen and oxygen atoms in total. The van der Waals surface area contributed by atoms with Crippen molar-refractivity contribution in [1.29, 1.82) is 0 Å². The van der Waals surface area contributed by atoms with Gasteiger partial charge in [0.1, 0.15) is 6.10 Å². The number of nitrogens with one attached hydrogen (secondary N) is 1. The molecule has 1 aromatic rings. The SMILES string of the molecule is CC1CNC[C@@H](c2cnn(C3CC3)c2F)O1. The summed E-state index contributed by atoms with van der Waals surface area (Å²) >= 11 is 0. The summed E-state index contributed by atoms with van der Waals surface area (Å²) in [5.41, 5.74) is 0.589. The van der Waals surface area contributed by atoms with Crippen LogP contribution in [0.2, 0.25) is 0 Å². The molecular formula is C11H16FN3O. The van der Waals surface area contributed by atoms with Crippen LogP contribution in [-0.2, 0) is 4.74 Å². The molecule has 1 saturated heterocycles. The van der Waals surface area contributed by atoms with Crippen molar-refractivity contribution in [2.24, 2.45) is 0 Å². The van der Waals surface area contributed by atoms with E-state index in [9.17, 15) is 4.39 Å². The highest BCUT2D eigenvalue weighted by atomic mass is 19.1. The number of hydrogen-bond acceptors (Lipinski definition) is 3. The predicted molar refractivity (Wildman–Crippen MR) is 56.6 cm³/mol. The van der Waals surface area contributed by atoms with Crippen LogP contribution >= 0.6 is 0 Å². The molecule has 0 spiro atoms. The minimum atomic E-state index is -0.219. The molecule has 88 valence electrons. The molecule has 2 atom stereocenters. The van der Waals surface area contributed by atoms with Gasteiger partial charge < -0.3 is 10.1 Å². The zero-order valence-corrected chi connectivity index (χ0v) is 9.32. The fraction of sp³-hybridized carbons (Fsp3) is 0.727. The lowest BCUT2D eigenvalue weighted by Crippen LogP contribution is -2.39. The van der Waals surface area contributed by atoms with Gasteiger partial charge in [0, 0.05) is 13.1 Å². The molecule has 0 aromatic carbocycles. The maximum atomic E-state index is 14.0. The number of aromatic nitrogens is 2. The van der Waals surface area contributed by atoms with E-state index in [1.807, 2.05) is 6.92 Å². The van der Waals surface area contributed by atoms with E-state index >= 15 is 0 Å². The number of morpholine rings is 1. The van der Waals surface area contributed by atoms with Gasteiger partial charge in [-0.2, -0.15) is 9.49 Å². The molecule has 0 bridgehead atoms. The first kappa shape index (κ1) is 10.2. The second kappa shape index (κ2) is 3.82. The molecule has 2 aliphatic rings. The minimum Gasteiger partial charge on any atom is -0.368 e. The molecule has 1 saturated carbocycles. The monoisotopic (exact) mass is 225 g/mol. The van der Waals surface area contributed by atoms with Gasteiger partial charge in [-0.05, 0) is 19.8 Å². The Morgan fingerprint density at radius 1 is 1.50 bits per heavy atom. The van der Waals surface area contributed by atoms with Crippen LogP contribution in [0.4, 0.5) is 4.39 Å². The molecule has 1 N–H and O–H groups in total. The fourth-order valence-electron chi connectivity index (χ4n) is 2.13. The van der Waals surface area contributed by atoms with E-state index in [1.165, 1.54) is 4.68 Å². The Balaban J connectivity index is 1.82. The van der Waals surface area contributed by atoms with Gasteiger partial charge in [-0.15, -0.1) is 0 Å². The van der Waals surface area contributed by atoms with Crippen LogP contribution in [0.1, 0.15) is 37.5 Å². The molecule has 0 radical (unpaired) electrons. The summed E-state index contributed by atoms with van der Waals surface area (Å²) in [4.78, 5) is 0. The molecule has 1 aliphatic carbocycles. The number of hydrogen-bond donors (Lipinski definition) is 1. The Kier molecular flexibility index (Phi) is 2.44. The lowest BCUT2D eigenvalue weighted by molar-refractivity contribution is -0.0305. The van der Waals surface area contributed by atoms with E-state index in [-0.39, 0.29) is 24.2 Å². The summed E-state index contributed by atoms with van der Waals surface area (Å²) in [7, 11) is 0. The first-order chi connectivity index (χ1) is 7.75. The third-order valence-corrected chi connectivity index (χ3v) is 3.16. The molecule has 0 amide bonds. The first-order valence-corrected chi connectivity index (χ1v) is 5.85. The average molecular weight is 225 g/mol. The predicted octanol–water partition coefficient (Wildman–Crippen LogP) is 1.41. The van der Waals surface area contributed by atoms with Crippen molar-refractivity contribution in [2.75, 3.05) is 13.1 Å². The number of ether oxygens (including phenoxy) is 1. The lowest BCUT2D eigenvalue weighted by atomic mass is 10.1. The largest absolute Gasteiger partial charge is 0.368 e. The lowest BCUT2D eigenvalue weighted by Gasteiger charge is -2.28. The third-order valence-electron chi connectivity index (χ3n) is 3.16. The maximum absolute atomic E-state index is 14.0. The topological polar surface area (TPSA) is 39.1 Å². The Morgan fingerprint density at radius 3 is 3.00 bits per heavy atom. The molecule has 2 heterocycles. The number of nitrogens with zero attached hydrogens (tertiary/aromatic N) is 2. The van der Waals surface area contributed by atoms with Crippen LogP contribution in [0.15, 0.2) is 6.20 Å². The van der Waals surface area contributed by atoms with Crippen molar-refractivity contribution >= 4 is 0 Å². The van der Waals surface area contributed by atoms with E-state index < -0.39 is 0 Å². The third kappa shape index (κ3) is 1.74. The number of halogens is 1. The van der Waals surface area contributed by atoms with Gasteiger partial charge in [-0.25, -0.2) is 4.68 Å². The van der Waals surface area contributed by atoms with Crippen molar-refractivity contribution in [1.82, 2.24) is 15.1 Å². The highest BCUT2D eigenvalue weighted by Gasteiger charge is 2.31. The molecule has 1 unspecified atom stereocenters. The second-order valence-corrected chi connectivity index (χ2v) is 4.66. The molecule has 16 heavy (non-hydrogen) atoms. The quantitative estimate of drug-likeness (QED) is 0.827. The molecule has 5 heteroatoms. The number of rotatable bonds is 2. The van der Waals surface area contributed by atoms with Gasteiger partial charge >= 0.3 is 0 Å². The van der Waals surface area contributed by atoms with Crippen molar-refractivity contribution < 1.29 is 9.13 Å². The summed E-state index contributed by atoms with van der Waals surface area (Å²) < 4.78 is 21.2. The van der Waals surface area contributed by atoms with Crippen LogP contribution in [0.5, 0.6) is 0 Å². The molecular weight excluding hydrogens is 209 g/mol. The van der Waals surface area contributed by atoms with Gasteiger partial charge in [-0.1, -0.05) is 0 Å². The standard InChI is InChI=1S/C11H16FN3O/c1-7-4-13-6-10(16-7)9-5-14-15(11(9)12)8-2-3-8/h5,7-8,10,13H,2-4,6H2,1H3/t7?,10-/m0/s1. The highest BCUT2D eigenvalue weighted by molar-refractivity contribution is 5.13. The van der Waals surface area contributed by atoms with Gasteiger partial charge in [0.15, 0.2) is 0 Å². The second-order valence-electron chi connectivity index (χ2n) is 4.66. The zero-order valence-electron chi connectivity index (χ0n) is 9.32. The average Bonchev–Trinajstić information content (AvgIpc) is 3.03. The zero-order chi connectivity index (χ0) is 11.1. The fourth-order valence-corrected chi connectivity index (χ4v) is 2.13. The summed E-state index contributed by atoms with van der Waals surface area (Å²) in [5.74, 6) is -0.219. The van der Waals surface area contributed by atoms with E-state index in [1.54, 1.807) is 6.20 Å². The summed E-state index contributed by atoms with van der Waals surface area (Å²) in [6.45, 7) is 3.48. The smallest absolute Gasteiger partial charge is 0.217 e. The van der Waals surface area contributed by atoms with E-state index in [0.717, 1.165) is 19.4 Å². The van der Waals surface area contributed by atoms with Gasteiger partial charge in [-0.3, -0.25) is 0 Å². The Labute approximate surface area is 93.8 Å². The Bertz CT molecular complexity index is 389. The Morgan fingerprint density at radius 2 is 2.31 bits per heavy atom. The van der Waals surface area contributed by atoms with Crippen LogP contribution in [-0.4, -0.2) is 29.0 Å². The first-order valence-electron chi connectivity index (χ1n) is 5.85. The van der Waals surface area contributed by atoms with Gasteiger partial charge in [0.05, 0.1) is 23.9 Å². The van der Waals surface area contributed by atoms with Crippen LogP contribution < -0.4 is 5.32 Å². The maximum Gasteiger partial charge on any atom is 0.217 e. The summed E-state index contributed by atoms with van der Waals surface area (Å²) in [6.07, 6.45) is 3.62. The molecule has 1 aliphatic heterocycles. The van der Waals surface area contributed by atoms with Crippen molar-refractivity contribution in [3.63, 3.8) is 0 Å². The van der Waals surface area contributed by atoms with E-state index in [4.69, 9.17) is 4.74 Å². The normalized spacial score (nSPS) is 30.6. The van der Waals surface area contributed by atoms with Crippen LogP contribution in [0.25, 0.3) is 0 Å².